The molecule has 1 aliphatic carbocycles. The Labute approximate surface area is 159 Å². The van der Waals surface area contributed by atoms with Crippen molar-refractivity contribution in [3.05, 3.63) is 35.5 Å². The van der Waals surface area contributed by atoms with Crippen LogP contribution in [0.1, 0.15) is 36.0 Å². The average molecular weight is 381 g/mol. The number of carbonyl (C=O) groups excluding carboxylic acids is 1. The summed E-state index contributed by atoms with van der Waals surface area (Å²) in [5, 5.41) is 14.4. The van der Waals surface area contributed by atoms with E-state index in [1.807, 2.05) is 18.2 Å². The summed E-state index contributed by atoms with van der Waals surface area (Å²) in [5.74, 6) is 0.109. The van der Waals surface area contributed by atoms with Gasteiger partial charge >= 0.3 is 0 Å². The first-order chi connectivity index (χ1) is 13.1. The van der Waals surface area contributed by atoms with Crippen molar-refractivity contribution in [2.75, 3.05) is 10.6 Å². The van der Waals surface area contributed by atoms with Gasteiger partial charge in [0.05, 0.1) is 21.8 Å². The minimum Gasteiger partial charge on any atom is -0.365 e. The molecule has 0 spiro atoms. The van der Waals surface area contributed by atoms with Gasteiger partial charge in [0.2, 0.25) is 5.95 Å². The van der Waals surface area contributed by atoms with E-state index in [4.69, 9.17) is 11.1 Å². The number of rotatable bonds is 5. The Hall–Kier alpha value is -3.07. The third-order valence-corrected chi connectivity index (χ3v) is 5.35. The highest BCUT2D eigenvalue weighted by Crippen LogP contribution is 2.26. The summed E-state index contributed by atoms with van der Waals surface area (Å²) >= 11 is 1.54. The van der Waals surface area contributed by atoms with Crippen molar-refractivity contribution in [3.8, 4) is 0 Å². The van der Waals surface area contributed by atoms with E-state index in [2.05, 4.69) is 25.6 Å². The van der Waals surface area contributed by atoms with Gasteiger partial charge in [0, 0.05) is 17.6 Å². The summed E-state index contributed by atoms with van der Waals surface area (Å²) in [6, 6.07) is 5.66. The van der Waals surface area contributed by atoms with Gasteiger partial charge in [-0.15, -0.1) is 11.3 Å². The molecule has 1 saturated carbocycles. The maximum atomic E-state index is 11.8. The minimum atomic E-state index is -0.603. The van der Waals surface area contributed by atoms with E-state index in [9.17, 15) is 4.79 Å². The lowest BCUT2D eigenvalue weighted by Gasteiger charge is -2.24. The summed E-state index contributed by atoms with van der Waals surface area (Å²) < 4.78 is 1.03. The predicted octanol–water partition coefficient (Wildman–Crippen LogP) is 3.30. The first-order valence-corrected chi connectivity index (χ1v) is 9.59. The number of primary amides is 1. The molecule has 1 aromatic carbocycles. The molecule has 0 saturated heterocycles. The van der Waals surface area contributed by atoms with Gasteiger partial charge in [0.25, 0.3) is 5.91 Å². The number of amides is 1. The van der Waals surface area contributed by atoms with Crippen LogP contribution in [0.15, 0.2) is 29.9 Å². The number of hydrogen-bond acceptors (Lipinski definition) is 8. The summed E-state index contributed by atoms with van der Waals surface area (Å²) in [6.07, 6.45) is 5.20. The monoisotopic (exact) mass is 381 g/mol. The molecule has 138 valence electrons. The van der Waals surface area contributed by atoms with Gasteiger partial charge in [-0.3, -0.25) is 4.79 Å². The lowest BCUT2D eigenvalue weighted by atomic mass is 9.93. The van der Waals surface area contributed by atoms with Crippen LogP contribution < -0.4 is 16.4 Å². The summed E-state index contributed by atoms with van der Waals surface area (Å²) in [6.45, 7) is 0. The second-order valence-electron chi connectivity index (χ2n) is 6.45. The topological polar surface area (TPSA) is 130 Å². The molecule has 1 atom stereocenters. The van der Waals surface area contributed by atoms with Gasteiger partial charge in [0.1, 0.15) is 11.4 Å². The van der Waals surface area contributed by atoms with E-state index < -0.39 is 5.91 Å². The SMILES string of the molecule is N=C1CCCC[C@H]1Nc1ncc(C(N)=O)c(Nc2ccc3ncsc3c2)n1. The molecule has 27 heavy (non-hydrogen) atoms. The zero-order valence-corrected chi connectivity index (χ0v) is 15.3. The molecule has 0 radical (unpaired) electrons. The van der Waals surface area contributed by atoms with Crippen LogP contribution in [0.25, 0.3) is 10.2 Å². The summed E-state index contributed by atoms with van der Waals surface area (Å²) in [5.41, 5.74) is 9.84. The zero-order chi connectivity index (χ0) is 18.8. The Morgan fingerprint density at radius 1 is 1.30 bits per heavy atom. The fourth-order valence-corrected chi connectivity index (χ4v) is 3.84. The molecule has 9 heteroatoms. The molecule has 1 fully saturated rings. The van der Waals surface area contributed by atoms with Crippen LogP contribution in [-0.2, 0) is 0 Å². The fourth-order valence-electron chi connectivity index (χ4n) is 3.12. The van der Waals surface area contributed by atoms with Crippen LogP contribution in [0.2, 0.25) is 0 Å². The molecule has 0 unspecified atom stereocenters. The van der Waals surface area contributed by atoms with Gasteiger partial charge in [0.15, 0.2) is 0 Å². The predicted molar refractivity (Wildman–Crippen MR) is 107 cm³/mol. The van der Waals surface area contributed by atoms with Gasteiger partial charge in [-0.2, -0.15) is 4.98 Å². The van der Waals surface area contributed by atoms with Gasteiger partial charge in [-0.1, -0.05) is 6.42 Å². The normalized spacial score (nSPS) is 17.0. The number of fused-ring (bicyclic) bond motifs is 1. The van der Waals surface area contributed by atoms with Gasteiger partial charge in [-0.25, -0.2) is 9.97 Å². The maximum absolute atomic E-state index is 11.8. The molecular weight excluding hydrogens is 362 g/mol. The number of nitrogens with one attached hydrogen (secondary N) is 3. The maximum Gasteiger partial charge on any atom is 0.254 e. The number of benzene rings is 1. The van der Waals surface area contributed by atoms with E-state index in [0.717, 1.165) is 41.6 Å². The van der Waals surface area contributed by atoms with E-state index in [-0.39, 0.29) is 11.6 Å². The molecule has 3 aromatic rings. The molecule has 4 rings (SSSR count). The molecule has 8 nitrogen and oxygen atoms in total. The Morgan fingerprint density at radius 2 is 2.19 bits per heavy atom. The number of aromatic nitrogens is 3. The molecule has 0 aliphatic heterocycles. The summed E-state index contributed by atoms with van der Waals surface area (Å²) in [7, 11) is 0. The Balaban J connectivity index is 1.62. The quantitative estimate of drug-likeness (QED) is 0.536. The molecule has 2 aromatic heterocycles. The highest BCUT2D eigenvalue weighted by atomic mass is 32.1. The largest absolute Gasteiger partial charge is 0.365 e. The van der Waals surface area contributed by atoms with E-state index in [1.165, 1.54) is 17.5 Å². The van der Waals surface area contributed by atoms with E-state index in [0.29, 0.717) is 17.5 Å². The molecule has 2 heterocycles. The van der Waals surface area contributed by atoms with Crippen molar-refractivity contribution >= 4 is 50.6 Å². The van der Waals surface area contributed by atoms with Crippen molar-refractivity contribution < 1.29 is 4.79 Å². The molecular formula is C18H19N7OS. The summed E-state index contributed by atoms with van der Waals surface area (Å²) in [4.78, 5) is 24.7. The lowest BCUT2D eigenvalue weighted by molar-refractivity contribution is 0.100. The van der Waals surface area contributed by atoms with Crippen LogP contribution in [0.5, 0.6) is 0 Å². The van der Waals surface area contributed by atoms with Crippen molar-refractivity contribution in [3.63, 3.8) is 0 Å². The van der Waals surface area contributed by atoms with Crippen LogP contribution >= 0.6 is 11.3 Å². The van der Waals surface area contributed by atoms with Crippen LogP contribution in [0.3, 0.4) is 0 Å². The zero-order valence-electron chi connectivity index (χ0n) is 14.5. The Bertz CT molecular complexity index is 1020. The minimum absolute atomic E-state index is 0.0698. The number of thiazole rings is 1. The molecule has 5 N–H and O–H groups in total. The highest BCUT2D eigenvalue weighted by Gasteiger charge is 2.21. The van der Waals surface area contributed by atoms with Crippen LogP contribution in [-0.4, -0.2) is 32.6 Å². The third-order valence-electron chi connectivity index (χ3n) is 4.56. The van der Waals surface area contributed by atoms with E-state index >= 15 is 0 Å². The smallest absolute Gasteiger partial charge is 0.254 e. The second-order valence-corrected chi connectivity index (χ2v) is 7.33. The second kappa shape index (κ2) is 7.28. The first kappa shape index (κ1) is 17.3. The number of nitrogens with two attached hydrogens (primary N) is 1. The molecule has 0 bridgehead atoms. The number of nitrogens with zero attached hydrogens (tertiary/aromatic N) is 3. The van der Waals surface area contributed by atoms with Crippen LogP contribution in [0, 0.1) is 5.41 Å². The highest BCUT2D eigenvalue weighted by molar-refractivity contribution is 7.16. The third kappa shape index (κ3) is 3.72. The first-order valence-electron chi connectivity index (χ1n) is 8.71. The Kier molecular flexibility index (Phi) is 4.68. The van der Waals surface area contributed by atoms with Gasteiger partial charge in [-0.05, 0) is 37.5 Å². The average Bonchev–Trinajstić information content (AvgIpc) is 3.11. The van der Waals surface area contributed by atoms with Gasteiger partial charge < -0.3 is 21.8 Å². The van der Waals surface area contributed by atoms with Crippen molar-refractivity contribution in [2.45, 2.75) is 31.7 Å². The number of carbonyl (C=O) groups is 1. The number of hydrogen-bond donors (Lipinski definition) is 4. The standard InChI is InChI=1S/C18H19N7OS/c19-12-3-1-2-4-13(12)24-18-21-8-11(16(20)26)17(25-18)23-10-5-6-14-15(7-10)27-9-22-14/h5-9,13,19H,1-4H2,(H2,20,26)(H2,21,23,24,25)/t13-/m1/s1. The van der Waals surface area contributed by atoms with Crippen molar-refractivity contribution in [1.82, 2.24) is 15.0 Å². The van der Waals surface area contributed by atoms with Crippen LogP contribution in [0.4, 0.5) is 17.5 Å². The number of anilines is 3. The molecule has 1 amide bonds. The Morgan fingerprint density at radius 3 is 3.00 bits per heavy atom. The fraction of sp³-hybridized carbons (Fsp3) is 0.278. The van der Waals surface area contributed by atoms with Crippen molar-refractivity contribution in [1.29, 1.82) is 5.41 Å². The lowest BCUT2D eigenvalue weighted by Crippen LogP contribution is -2.32. The van der Waals surface area contributed by atoms with E-state index in [1.54, 1.807) is 5.51 Å². The molecule has 1 aliphatic rings. The van der Waals surface area contributed by atoms with Crippen molar-refractivity contribution in [2.24, 2.45) is 5.73 Å².